The van der Waals surface area contributed by atoms with Gasteiger partial charge in [-0.1, -0.05) is 44.2 Å². The predicted molar refractivity (Wildman–Crippen MR) is 90.3 cm³/mol. The second kappa shape index (κ2) is 7.48. The molecule has 1 fully saturated rings. The standard InChI is InChI=1S/C17H28N2S/c1-17(2)10-11-19(12-13-20-17)16(14-18)9-8-15-6-4-3-5-7-15/h3-7,16H,8-14,18H2,1-2H3. The van der Waals surface area contributed by atoms with Crippen LogP contribution in [0.1, 0.15) is 32.3 Å². The summed E-state index contributed by atoms with van der Waals surface area (Å²) >= 11 is 2.10. The number of rotatable bonds is 5. The van der Waals surface area contributed by atoms with Crippen molar-refractivity contribution >= 4 is 11.8 Å². The number of hydrogen-bond donors (Lipinski definition) is 1. The molecule has 1 aliphatic heterocycles. The maximum atomic E-state index is 6.04. The molecule has 112 valence electrons. The lowest BCUT2D eigenvalue weighted by Gasteiger charge is -2.30. The molecule has 2 nitrogen and oxygen atoms in total. The molecule has 3 heteroatoms. The van der Waals surface area contributed by atoms with Crippen LogP contribution >= 0.6 is 11.8 Å². The van der Waals surface area contributed by atoms with E-state index in [9.17, 15) is 0 Å². The van der Waals surface area contributed by atoms with Gasteiger partial charge >= 0.3 is 0 Å². The molecular formula is C17H28N2S. The van der Waals surface area contributed by atoms with E-state index in [1.165, 1.54) is 37.2 Å². The Morgan fingerprint density at radius 2 is 2.00 bits per heavy atom. The largest absolute Gasteiger partial charge is 0.329 e. The van der Waals surface area contributed by atoms with Gasteiger partial charge < -0.3 is 5.73 Å². The maximum absolute atomic E-state index is 6.04. The lowest BCUT2D eigenvalue weighted by atomic mass is 10.0. The highest BCUT2D eigenvalue weighted by atomic mass is 32.2. The zero-order valence-corrected chi connectivity index (χ0v) is 13.7. The number of benzene rings is 1. The SMILES string of the molecule is CC1(C)CCN(C(CN)CCc2ccccc2)CCS1. The van der Waals surface area contributed by atoms with Crippen molar-refractivity contribution < 1.29 is 0 Å². The van der Waals surface area contributed by atoms with Crippen LogP contribution in [0.3, 0.4) is 0 Å². The van der Waals surface area contributed by atoms with Crippen LogP contribution in [0.4, 0.5) is 0 Å². The summed E-state index contributed by atoms with van der Waals surface area (Å²) in [4.78, 5) is 2.62. The molecule has 2 rings (SSSR count). The van der Waals surface area contributed by atoms with E-state index in [1.807, 2.05) is 0 Å². The van der Waals surface area contributed by atoms with Crippen LogP contribution < -0.4 is 5.73 Å². The summed E-state index contributed by atoms with van der Waals surface area (Å²) in [6, 6.07) is 11.3. The molecule has 2 N–H and O–H groups in total. The Hall–Kier alpha value is -0.510. The van der Waals surface area contributed by atoms with Gasteiger partial charge in [-0.25, -0.2) is 0 Å². The molecule has 1 atom stereocenters. The molecule has 0 spiro atoms. The minimum absolute atomic E-state index is 0.424. The van der Waals surface area contributed by atoms with E-state index in [-0.39, 0.29) is 0 Å². The molecule has 0 aliphatic carbocycles. The summed E-state index contributed by atoms with van der Waals surface area (Å²) in [7, 11) is 0. The van der Waals surface area contributed by atoms with E-state index in [0.29, 0.717) is 10.8 Å². The molecular weight excluding hydrogens is 264 g/mol. The summed E-state index contributed by atoms with van der Waals surface area (Å²) in [6.45, 7) is 7.88. The van der Waals surface area contributed by atoms with Crippen molar-refractivity contribution in [2.24, 2.45) is 5.73 Å². The van der Waals surface area contributed by atoms with Gasteiger partial charge in [0.1, 0.15) is 0 Å². The first kappa shape index (κ1) is 15.9. The van der Waals surface area contributed by atoms with Crippen molar-refractivity contribution in [3.8, 4) is 0 Å². The number of thioether (sulfide) groups is 1. The van der Waals surface area contributed by atoms with E-state index in [1.54, 1.807) is 0 Å². The topological polar surface area (TPSA) is 29.3 Å². The average Bonchev–Trinajstić information content (AvgIpc) is 2.62. The van der Waals surface area contributed by atoms with Crippen LogP contribution in [0.25, 0.3) is 0 Å². The summed E-state index contributed by atoms with van der Waals surface area (Å²) in [5.41, 5.74) is 7.46. The van der Waals surface area contributed by atoms with Gasteiger partial charge in [-0.05, 0) is 31.4 Å². The fraction of sp³-hybridized carbons (Fsp3) is 0.647. The Morgan fingerprint density at radius 3 is 2.70 bits per heavy atom. The molecule has 0 radical (unpaired) electrons. The van der Waals surface area contributed by atoms with Crippen molar-refractivity contribution in [3.05, 3.63) is 35.9 Å². The lowest BCUT2D eigenvalue weighted by molar-refractivity contribution is 0.199. The Labute approximate surface area is 128 Å². The summed E-state index contributed by atoms with van der Waals surface area (Å²) in [5, 5.41) is 0. The van der Waals surface area contributed by atoms with Gasteiger partial charge in [0, 0.05) is 29.6 Å². The van der Waals surface area contributed by atoms with Gasteiger partial charge in [0.2, 0.25) is 0 Å². The van der Waals surface area contributed by atoms with Gasteiger partial charge in [-0.2, -0.15) is 11.8 Å². The van der Waals surface area contributed by atoms with E-state index >= 15 is 0 Å². The molecule has 1 aliphatic rings. The highest BCUT2D eigenvalue weighted by molar-refractivity contribution is 8.00. The monoisotopic (exact) mass is 292 g/mol. The minimum atomic E-state index is 0.424. The Bertz CT molecular complexity index is 391. The van der Waals surface area contributed by atoms with Crippen LogP contribution in [0.15, 0.2) is 30.3 Å². The van der Waals surface area contributed by atoms with Crippen molar-refractivity contribution in [1.29, 1.82) is 0 Å². The second-order valence-corrected chi connectivity index (χ2v) is 8.11. The molecule has 0 aromatic heterocycles. The molecule has 1 heterocycles. The third kappa shape index (κ3) is 4.80. The van der Waals surface area contributed by atoms with Crippen LogP contribution in [0.5, 0.6) is 0 Å². The van der Waals surface area contributed by atoms with E-state index in [4.69, 9.17) is 5.73 Å². The average molecular weight is 292 g/mol. The fourth-order valence-corrected chi connectivity index (χ4v) is 3.94. The number of aryl methyl sites for hydroxylation is 1. The van der Waals surface area contributed by atoms with Crippen LogP contribution in [0.2, 0.25) is 0 Å². The van der Waals surface area contributed by atoms with Crippen molar-refractivity contribution in [2.45, 2.75) is 43.9 Å². The predicted octanol–water partition coefficient (Wildman–Crippen LogP) is 3.16. The first-order valence-electron chi connectivity index (χ1n) is 7.73. The maximum Gasteiger partial charge on any atom is 0.0221 e. The summed E-state index contributed by atoms with van der Waals surface area (Å²) < 4.78 is 0.424. The molecule has 1 aromatic rings. The van der Waals surface area contributed by atoms with Gasteiger partial charge in [0.05, 0.1) is 0 Å². The molecule has 0 saturated carbocycles. The smallest absolute Gasteiger partial charge is 0.0221 e. The van der Waals surface area contributed by atoms with Gasteiger partial charge in [0.15, 0.2) is 0 Å². The highest BCUT2D eigenvalue weighted by Gasteiger charge is 2.26. The van der Waals surface area contributed by atoms with Gasteiger partial charge in [-0.3, -0.25) is 4.90 Å². The third-order valence-corrected chi connectivity index (χ3v) is 5.64. The van der Waals surface area contributed by atoms with Gasteiger partial charge in [0.25, 0.3) is 0 Å². The molecule has 1 unspecified atom stereocenters. The molecule has 1 aromatic carbocycles. The van der Waals surface area contributed by atoms with Crippen LogP contribution in [-0.4, -0.2) is 41.1 Å². The van der Waals surface area contributed by atoms with E-state index < -0.39 is 0 Å². The van der Waals surface area contributed by atoms with E-state index in [0.717, 1.165) is 13.0 Å². The third-order valence-electron chi connectivity index (χ3n) is 4.27. The number of nitrogens with two attached hydrogens (primary N) is 1. The fourth-order valence-electron chi connectivity index (χ4n) is 2.83. The summed E-state index contributed by atoms with van der Waals surface area (Å²) in [5.74, 6) is 1.23. The first-order valence-corrected chi connectivity index (χ1v) is 8.71. The zero-order valence-electron chi connectivity index (χ0n) is 12.8. The zero-order chi connectivity index (χ0) is 14.4. The van der Waals surface area contributed by atoms with E-state index in [2.05, 4.69) is 60.8 Å². The molecule has 20 heavy (non-hydrogen) atoms. The highest BCUT2D eigenvalue weighted by Crippen LogP contribution is 2.31. The molecule has 0 amide bonds. The quantitative estimate of drug-likeness (QED) is 0.904. The van der Waals surface area contributed by atoms with Gasteiger partial charge in [-0.15, -0.1) is 0 Å². The Kier molecular flexibility index (Phi) is 5.94. The Balaban J connectivity index is 1.88. The van der Waals surface area contributed by atoms with Crippen LogP contribution in [0, 0.1) is 0 Å². The number of hydrogen-bond acceptors (Lipinski definition) is 3. The first-order chi connectivity index (χ1) is 9.61. The lowest BCUT2D eigenvalue weighted by Crippen LogP contribution is -2.42. The van der Waals surface area contributed by atoms with Crippen molar-refractivity contribution in [1.82, 2.24) is 4.90 Å². The molecule has 0 bridgehead atoms. The minimum Gasteiger partial charge on any atom is -0.329 e. The second-order valence-electron chi connectivity index (χ2n) is 6.31. The van der Waals surface area contributed by atoms with Crippen molar-refractivity contribution in [3.63, 3.8) is 0 Å². The normalized spacial score (nSPS) is 21.4. The van der Waals surface area contributed by atoms with Crippen LogP contribution in [-0.2, 0) is 6.42 Å². The molecule has 1 saturated heterocycles. The number of nitrogens with zero attached hydrogens (tertiary/aromatic N) is 1. The summed E-state index contributed by atoms with van der Waals surface area (Å²) in [6.07, 6.45) is 3.57. The van der Waals surface area contributed by atoms with Crippen molar-refractivity contribution in [2.75, 3.05) is 25.4 Å². The Morgan fingerprint density at radius 1 is 1.25 bits per heavy atom.